The van der Waals surface area contributed by atoms with E-state index in [0.717, 1.165) is 36.2 Å². The molecule has 98 valence electrons. The summed E-state index contributed by atoms with van der Waals surface area (Å²) < 4.78 is 0. The molecule has 1 aromatic heterocycles. The van der Waals surface area contributed by atoms with E-state index in [1.807, 2.05) is 0 Å². The van der Waals surface area contributed by atoms with Crippen molar-refractivity contribution in [3.05, 3.63) is 17.8 Å². The van der Waals surface area contributed by atoms with Gasteiger partial charge in [0, 0.05) is 25.7 Å². The Bertz CT molecular complexity index is 432. The fourth-order valence-electron chi connectivity index (χ4n) is 3.14. The molecule has 2 N–H and O–H groups in total. The zero-order valence-electron chi connectivity index (χ0n) is 11.1. The quantitative estimate of drug-likeness (QED) is 0.818. The van der Waals surface area contributed by atoms with E-state index in [-0.39, 0.29) is 0 Å². The lowest BCUT2D eigenvalue weighted by Crippen LogP contribution is -2.37. The highest BCUT2D eigenvalue weighted by molar-refractivity contribution is 5.52. The van der Waals surface area contributed by atoms with Gasteiger partial charge in [0.05, 0.1) is 11.9 Å². The third kappa shape index (κ3) is 2.17. The maximum Gasteiger partial charge on any atom is 0.128 e. The van der Waals surface area contributed by atoms with E-state index in [1.54, 1.807) is 6.20 Å². The summed E-state index contributed by atoms with van der Waals surface area (Å²) >= 11 is 0. The van der Waals surface area contributed by atoms with E-state index in [0.29, 0.717) is 0 Å². The fraction of sp³-hybridized carbons (Fsp3) is 0.643. The standard InChI is InChI=1S/C14H22N4/c1-11-8-14(16-9-13(11)15)18-7-3-6-17-5-2-4-12(17)10-18/h8-9,12H,2-7,10,15H2,1H3. The van der Waals surface area contributed by atoms with Gasteiger partial charge in [-0.05, 0) is 44.4 Å². The van der Waals surface area contributed by atoms with Gasteiger partial charge in [0.25, 0.3) is 0 Å². The van der Waals surface area contributed by atoms with Crippen LogP contribution in [-0.4, -0.2) is 42.1 Å². The van der Waals surface area contributed by atoms with Crippen molar-refractivity contribution in [2.45, 2.75) is 32.2 Å². The summed E-state index contributed by atoms with van der Waals surface area (Å²) in [5, 5.41) is 0. The molecule has 4 heteroatoms. The molecule has 0 aromatic carbocycles. The Morgan fingerprint density at radius 1 is 1.28 bits per heavy atom. The normalized spacial score (nSPS) is 24.9. The molecule has 3 rings (SSSR count). The lowest BCUT2D eigenvalue weighted by Gasteiger charge is -2.26. The van der Waals surface area contributed by atoms with Crippen molar-refractivity contribution in [2.75, 3.05) is 36.8 Å². The zero-order chi connectivity index (χ0) is 12.5. The molecular weight excluding hydrogens is 224 g/mol. The summed E-state index contributed by atoms with van der Waals surface area (Å²) in [6.07, 6.45) is 5.72. The summed E-state index contributed by atoms with van der Waals surface area (Å²) in [7, 11) is 0. The van der Waals surface area contributed by atoms with E-state index in [4.69, 9.17) is 5.73 Å². The number of fused-ring (bicyclic) bond motifs is 1. The van der Waals surface area contributed by atoms with Crippen LogP contribution in [0.1, 0.15) is 24.8 Å². The van der Waals surface area contributed by atoms with Crippen molar-refractivity contribution in [1.82, 2.24) is 9.88 Å². The largest absolute Gasteiger partial charge is 0.397 e. The van der Waals surface area contributed by atoms with E-state index in [9.17, 15) is 0 Å². The maximum atomic E-state index is 5.85. The zero-order valence-corrected chi connectivity index (χ0v) is 11.1. The van der Waals surface area contributed by atoms with E-state index >= 15 is 0 Å². The average molecular weight is 246 g/mol. The van der Waals surface area contributed by atoms with Crippen LogP contribution in [0.25, 0.3) is 0 Å². The smallest absolute Gasteiger partial charge is 0.128 e. The monoisotopic (exact) mass is 246 g/mol. The number of anilines is 2. The van der Waals surface area contributed by atoms with Gasteiger partial charge in [-0.3, -0.25) is 4.90 Å². The van der Waals surface area contributed by atoms with Crippen LogP contribution in [0.2, 0.25) is 0 Å². The highest BCUT2D eigenvalue weighted by Crippen LogP contribution is 2.25. The Hall–Kier alpha value is -1.29. The van der Waals surface area contributed by atoms with Gasteiger partial charge < -0.3 is 10.6 Å². The van der Waals surface area contributed by atoms with Gasteiger partial charge in [-0.15, -0.1) is 0 Å². The number of hydrogen-bond acceptors (Lipinski definition) is 4. The molecule has 2 aliphatic rings. The van der Waals surface area contributed by atoms with Gasteiger partial charge in [-0.25, -0.2) is 4.98 Å². The lowest BCUT2D eigenvalue weighted by molar-refractivity contribution is 0.273. The number of nitrogen functional groups attached to an aromatic ring is 1. The van der Waals surface area contributed by atoms with Gasteiger partial charge in [0.2, 0.25) is 0 Å². The Morgan fingerprint density at radius 2 is 2.11 bits per heavy atom. The van der Waals surface area contributed by atoms with Crippen molar-refractivity contribution in [3.8, 4) is 0 Å². The Kier molecular flexibility index (Phi) is 3.12. The van der Waals surface area contributed by atoms with Crippen LogP contribution in [0, 0.1) is 6.92 Å². The molecule has 0 aliphatic carbocycles. The molecule has 0 amide bonds. The molecule has 4 nitrogen and oxygen atoms in total. The summed E-state index contributed by atoms with van der Waals surface area (Å²) in [5.41, 5.74) is 7.77. The maximum absolute atomic E-state index is 5.85. The third-order valence-corrected chi connectivity index (χ3v) is 4.26. The number of hydrogen-bond donors (Lipinski definition) is 1. The molecule has 2 saturated heterocycles. The number of aryl methyl sites for hydroxylation is 1. The molecule has 2 aliphatic heterocycles. The van der Waals surface area contributed by atoms with Crippen molar-refractivity contribution in [3.63, 3.8) is 0 Å². The molecule has 1 aromatic rings. The predicted molar refractivity (Wildman–Crippen MR) is 74.8 cm³/mol. The van der Waals surface area contributed by atoms with Crippen LogP contribution in [0.15, 0.2) is 12.3 Å². The molecule has 0 bridgehead atoms. The van der Waals surface area contributed by atoms with Gasteiger partial charge in [-0.2, -0.15) is 0 Å². The first kappa shape index (κ1) is 11.8. The second-order valence-corrected chi connectivity index (χ2v) is 5.53. The minimum atomic E-state index is 0.729. The second kappa shape index (κ2) is 4.76. The molecule has 18 heavy (non-hydrogen) atoms. The first-order valence-corrected chi connectivity index (χ1v) is 6.95. The van der Waals surface area contributed by atoms with Crippen LogP contribution >= 0.6 is 0 Å². The summed E-state index contributed by atoms with van der Waals surface area (Å²) in [4.78, 5) is 9.58. The van der Waals surface area contributed by atoms with E-state index in [2.05, 4.69) is 27.8 Å². The van der Waals surface area contributed by atoms with Crippen molar-refractivity contribution in [2.24, 2.45) is 0 Å². The Labute approximate surface area is 109 Å². The van der Waals surface area contributed by atoms with Crippen LogP contribution in [-0.2, 0) is 0 Å². The summed E-state index contributed by atoms with van der Waals surface area (Å²) in [5.74, 6) is 1.09. The number of nitrogens with two attached hydrogens (primary N) is 1. The Morgan fingerprint density at radius 3 is 2.94 bits per heavy atom. The number of nitrogens with zero attached hydrogens (tertiary/aromatic N) is 3. The SMILES string of the molecule is Cc1cc(N2CCCN3CCCC3C2)ncc1N. The van der Waals surface area contributed by atoms with Gasteiger partial charge >= 0.3 is 0 Å². The van der Waals surface area contributed by atoms with E-state index < -0.39 is 0 Å². The number of aromatic nitrogens is 1. The first-order chi connectivity index (χ1) is 8.74. The highest BCUT2D eigenvalue weighted by atomic mass is 15.3. The number of pyridine rings is 1. The lowest BCUT2D eigenvalue weighted by atomic mass is 10.2. The van der Waals surface area contributed by atoms with Gasteiger partial charge in [0.1, 0.15) is 5.82 Å². The summed E-state index contributed by atoms with van der Waals surface area (Å²) in [6, 6.07) is 2.85. The molecule has 1 atom stereocenters. The molecule has 3 heterocycles. The average Bonchev–Trinajstić information content (AvgIpc) is 2.70. The van der Waals surface area contributed by atoms with Crippen molar-refractivity contribution >= 4 is 11.5 Å². The Balaban J connectivity index is 1.80. The minimum absolute atomic E-state index is 0.729. The molecule has 0 radical (unpaired) electrons. The third-order valence-electron chi connectivity index (χ3n) is 4.26. The van der Waals surface area contributed by atoms with Gasteiger partial charge in [-0.1, -0.05) is 0 Å². The van der Waals surface area contributed by atoms with Gasteiger partial charge in [0.15, 0.2) is 0 Å². The van der Waals surface area contributed by atoms with Crippen LogP contribution in [0.3, 0.4) is 0 Å². The first-order valence-electron chi connectivity index (χ1n) is 6.95. The minimum Gasteiger partial charge on any atom is -0.397 e. The summed E-state index contributed by atoms with van der Waals surface area (Å²) in [6.45, 7) is 6.82. The molecule has 0 saturated carbocycles. The van der Waals surface area contributed by atoms with Crippen LogP contribution in [0.5, 0.6) is 0 Å². The molecule has 0 spiro atoms. The molecule has 2 fully saturated rings. The molecular formula is C14H22N4. The predicted octanol–water partition coefficient (Wildman–Crippen LogP) is 1.65. The van der Waals surface area contributed by atoms with Crippen molar-refractivity contribution in [1.29, 1.82) is 0 Å². The van der Waals surface area contributed by atoms with Crippen LogP contribution in [0.4, 0.5) is 11.5 Å². The van der Waals surface area contributed by atoms with Crippen LogP contribution < -0.4 is 10.6 Å². The van der Waals surface area contributed by atoms with Crippen molar-refractivity contribution < 1.29 is 0 Å². The topological polar surface area (TPSA) is 45.4 Å². The molecule has 1 unspecified atom stereocenters. The number of rotatable bonds is 1. The second-order valence-electron chi connectivity index (χ2n) is 5.53. The fourth-order valence-corrected chi connectivity index (χ4v) is 3.14. The highest BCUT2D eigenvalue weighted by Gasteiger charge is 2.29. The van der Waals surface area contributed by atoms with E-state index in [1.165, 1.54) is 32.4 Å².